The summed E-state index contributed by atoms with van der Waals surface area (Å²) >= 11 is 6.09. The molecule has 5 nitrogen and oxygen atoms in total. The van der Waals surface area contributed by atoms with Gasteiger partial charge in [-0.3, -0.25) is 10.2 Å². The molecule has 0 radical (unpaired) electrons. The van der Waals surface area contributed by atoms with E-state index in [2.05, 4.69) is 28.5 Å². The number of rotatable bonds is 4. The lowest BCUT2D eigenvalue weighted by atomic mass is 10.0. The van der Waals surface area contributed by atoms with Crippen LogP contribution in [0.25, 0.3) is 10.9 Å². The molecule has 1 aliphatic heterocycles. The second kappa shape index (κ2) is 7.24. The Morgan fingerprint density at radius 1 is 1.25 bits per heavy atom. The van der Waals surface area contributed by atoms with Crippen LogP contribution in [-0.2, 0) is 11.2 Å². The first-order valence-corrected chi connectivity index (χ1v) is 9.63. The maximum Gasteiger partial charge on any atom is 0.231 e. The van der Waals surface area contributed by atoms with Gasteiger partial charge >= 0.3 is 0 Å². The number of aryl methyl sites for hydroxylation is 1. The molecule has 1 aromatic heterocycles. The molecule has 4 rings (SSSR count). The Morgan fingerprint density at radius 3 is 2.86 bits per heavy atom. The summed E-state index contributed by atoms with van der Waals surface area (Å²) in [4.78, 5) is 18.2. The van der Waals surface area contributed by atoms with E-state index in [0.29, 0.717) is 17.3 Å². The average molecular weight is 393 g/mol. The number of aromatic nitrogens is 1. The van der Waals surface area contributed by atoms with Crippen LogP contribution >= 0.6 is 11.6 Å². The average Bonchev–Trinajstić information content (AvgIpc) is 2.96. The molecule has 1 N–H and O–H groups in total. The third-order valence-electron chi connectivity index (χ3n) is 5.11. The molecular formula is C22H21ClN4O. The minimum absolute atomic E-state index is 0.121. The van der Waals surface area contributed by atoms with Crippen LogP contribution in [0.2, 0.25) is 5.02 Å². The van der Waals surface area contributed by atoms with Crippen molar-refractivity contribution in [2.24, 2.45) is 5.10 Å². The van der Waals surface area contributed by atoms with Crippen LogP contribution < -0.4 is 10.3 Å². The Labute approximate surface area is 169 Å². The number of benzene rings is 2. The fourth-order valence-corrected chi connectivity index (χ4v) is 3.72. The first-order chi connectivity index (χ1) is 13.5. The van der Waals surface area contributed by atoms with Gasteiger partial charge in [-0.1, -0.05) is 24.6 Å². The Bertz CT molecular complexity index is 1120. The van der Waals surface area contributed by atoms with Crippen molar-refractivity contribution in [1.29, 1.82) is 0 Å². The number of hydrazone groups is 1. The molecule has 0 unspecified atom stereocenters. The van der Waals surface area contributed by atoms with E-state index in [-0.39, 0.29) is 5.91 Å². The molecule has 0 atom stereocenters. The predicted octanol–water partition coefficient (Wildman–Crippen LogP) is 4.94. The smallest absolute Gasteiger partial charge is 0.231 e. The van der Waals surface area contributed by atoms with Gasteiger partial charge in [-0.2, -0.15) is 5.10 Å². The molecule has 3 aromatic rings. The Balaban J connectivity index is 1.63. The highest BCUT2D eigenvalue weighted by molar-refractivity contribution is 6.31. The molecule has 2 heterocycles. The van der Waals surface area contributed by atoms with Crippen molar-refractivity contribution in [2.75, 3.05) is 17.4 Å². The highest BCUT2D eigenvalue weighted by Crippen LogP contribution is 2.29. The standard InChI is InChI=1S/C22H21ClN4O/c1-4-18(14-5-8-20-15(10-14)11-22(28)27(20)3)25-26-21-9-13(2)17-12-16(23)6-7-19(17)24-21/h5-10,12H,4,11H2,1-3H3,(H,24,26). The number of hydrogen-bond acceptors (Lipinski definition) is 4. The van der Waals surface area contributed by atoms with Gasteiger partial charge in [0.1, 0.15) is 5.82 Å². The zero-order chi connectivity index (χ0) is 19.8. The van der Waals surface area contributed by atoms with E-state index < -0.39 is 0 Å². The summed E-state index contributed by atoms with van der Waals surface area (Å²) in [5, 5.41) is 6.32. The second-order valence-electron chi connectivity index (χ2n) is 6.98. The summed E-state index contributed by atoms with van der Waals surface area (Å²) in [6.45, 7) is 4.09. The van der Waals surface area contributed by atoms with Crippen molar-refractivity contribution in [1.82, 2.24) is 4.98 Å². The largest absolute Gasteiger partial charge is 0.315 e. The Hall–Kier alpha value is -2.92. The van der Waals surface area contributed by atoms with E-state index >= 15 is 0 Å². The van der Waals surface area contributed by atoms with E-state index in [9.17, 15) is 4.79 Å². The lowest BCUT2D eigenvalue weighted by Crippen LogP contribution is -2.20. The first kappa shape index (κ1) is 18.4. The molecule has 2 aromatic carbocycles. The lowest BCUT2D eigenvalue weighted by Gasteiger charge is -2.12. The van der Waals surface area contributed by atoms with Gasteiger partial charge in [0.15, 0.2) is 0 Å². The van der Waals surface area contributed by atoms with Crippen molar-refractivity contribution < 1.29 is 4.79 Å². The SMILES string of the molecule is CCC(=NNc1cc(C)c2cc(Cl)ccc2n1)c1ccc2c(c1)CC(=O)N2C. The Kier molecular flexibility index (Phi) is 4.77. The van der Waals surface area contributed by atoms with Gasteiger partial charge < -0.3 is 4.90 Å². The minimum atomic E-state index is 0.121. The maximum atomic E-state index is 11.9. The van der Waals surface area contributed by atoms with Gasteiger partial charge in [0, 0.05) is 23.1 Å². The van der Waals surface area contributed by atoms with Gasteiger partial charge in [0.25, 0.3) is 0 Å². The maximum absolute atomic E-state index is 11.9. The van der Waals surface area contributed by atoms with Crippen molar-refractivity contribution >= 4 is 45.6 Å². The number of carbonyl (C=O) groups excluding carboxylic acids is 1. The fourth-order valence-electron chi connectivity index (χ4n) is 3.55. The van der Waals surface area contributed by atoms with Crippen molar-refractivity contribution in [3.05, 3.63) is 64.2 Å². The van der Waals surface area contributed by atoms with Crippen LogP contribution in [-0.4, -0.2) is 23.7 Å². The zero-order valence-electron chi connectivity index (χ0n) is 16.1. The van der Waals surface area contributed by atoms with E-state index in [1.807, 2.05) is 50.4 Å². The normalized spacial score (nSPS) is 13.9. The summed E-state index contributed by atoms with van der Waals surface area (Å²) in [7, 11) is 1.81. The quantitative estimate of drug-likeness (QED) is 0.505. The molecule has 1 amide bonds. The summed E-state index contributed by atoms with van der Waals surface area (Å²) in [5.41, 5.74) is 9.00. The number of amides is 1. The number of carbonyl (C=O) groups is 1. The number of anilines is 2. The van der Waals surface area contributed by atoms with Crippen molar-refractivity contribution in [2.45, 2.75) is 26.7 Å². The molecule has 28 heavy (non-hydrogen) atoms. The molecule has 0 bridgehead atoms. The number of fused-ring (bicyclic) bond motifs is 2. The minimum Gasteiger partial charge on any atom is -0.315 e. The molecule has 1 aliphatic rings. The van der Waals surface area contributed by atoms with Gasteiger partial charge in [-0.25, -0.2) is 4.98 Å². The van der Waals surface area contributed by atoms with Crippen LogP contribution in [0.1, 0.15) is 30.0 Å². The van der Waals surface area contributed by atoms with E-state index in [4.69, 9.17) is 11.6 Å². The monoisotopic (exact) mass is 392 g/mol. The lowest BCUT2D eigenvalue weighted by molar-refractivity contribution is -0.117. The highest BCUT2D eigenvalue weighted by Gasteiger charge is 2.24. The number of nitrogens with zero attached hydrogens (tertiary/aromatic N) is 3. The van der Waals surface area contributed by atoms with Crippen molar-refractivity contribution in [3.63, 3.8) is 0 Å². The van der Waals surface area contributed by atoms with E-state index in [1.54, 1.807) is 4.90 Å². The number of halogens is 1. The Morgan fingerprint density at radius 2 is 2.07 bits per heavy atom. The van der Waals surface area contributed by atoms with Crippen LogP contribution in [0.4, 0.5) is 11.5 Å². The number of pyridine rings is 1. The molecular weight excluding hydrogens is 372 g/mol. The van der Waals surface area contributed by atoms with E-state index in [0.717, 1.165) is 45.4 Å². The molecule has 0 spiro atoms. The van der Waals surface area contributed by atoms with Gasteiger partial charge in [-0.15, -0.1) is 0 Å². The summed E-state index contributed by atoms with van der Waals surface area (Å²) < 4.78 is 0. The molecule has 0 fully saturated rings. The van der Waals surface area contributed by atoms with Crippen LogP contribution in [0.3, 0.4) is 0 Å². The third-order valence-corrected chi connectivity index (χ3v) is 5.34. The number of likely N-dealkylation sites (N-methyl/N-ethyl adjacent to an activating group) is 1. The molecule has 0 saturated carbocycles. The topological polar surface area (TPSA) is 57.6 Å². The molecule has 142 valence electrons. The predicted molar refractivity (Wildman–Crippen MR) is 115 cm³/mol. The third kappa shape index (κ3) is 3.34. The second-order valence-corrected chi connectivity index (χ2v) is 7.42. The van der Waals surface area contributed by atoms with Gasteiger partial charge in [0.2, 0.25) is 5.91 Å². The van der Waals surface area contributed by atoms with Gasteiger partial charge in [0.05, 0.1) is 17.6 Å². The van der Waals surface area contributed by atoms with Crippen molar-refractivity contribution in [3.8, 4) is 0 Å². The fraction of sp³-hybridized carbons (Fsp3) is 0.227. The van der Waals surface area contributed by atoms with Crippen LogP contribution in [0, 0.1) is 6.92 Å². The summed E-state index contributed by atoms with van der Waals surface area (Å²) in [5.74, 6) is 0.811. The van der Waals surface area contributed by atoms with Crippen LogP contribution in [0.15, 0.2) is 47.6 Å². The van der Waals surface area contributed by atoms with E-state index in [1.165, 1.54) is 0 Å². The molecule has 0 aliphatic carbocycles. The van der Waals surface area contributed by atoms with Crippen LogP contribution in [0.5, 0.6) is 0 Å². The highest BCUT2D eigenvalue weighted by atomic mass is 35.5. The first-order valence-electron chi connectivity index (χ1n) is 9.25. The zero-order valence-corrected chi connectivity index (χ0v) is 16.8. The number of nitrogens with one attached hydrogen (secondary N) is 1. The molecule has 0 saturated heterocycles. The summed E-state index contributed by atoms with van der Waals surface area (Å²) in [6, 6.07) is 13.7. The number of hydrogen-bond donors (Lipinski definition) is 1. The van der Waals surface area contributed by atoms with Gasteiger partial charge in [-0.05, 0) is 66.4 Å². The summed E-state index contributed by atoms with van der Waals surface area (Å²) in [6.07, 6.45) is 1.20. The molecule has 6 heteroatoms.